The zero-order chi connectivity index (χ0) is 14.6. The Hall–Kier alpha value is -2.05. The van der Waals surface area contributed by atoms with E-state index in [9.17, 15) is 18.0 Å². The summed E-state index contributed by atoms with van der Waals surface area (Å²) in [5.74, 6) is -1.68. The van der Waals surface area contributed by atoms with Crippen molar-refractivity contribution in [3.05, 3.63) is 23.8 Å². The first kappa shape index (κ1) is 15.0. The lowest BCUT2D eigenvalue weighted by Crippen LogP contribution is -2.29. The Morgan fingerprint density at radius 3 is 2.53 bits per heavy atom. The number of benzene rings is 1. The highest BCUT2D eigenvalue weighted by molar-refractivity contribution is 5.96. The quantitative estimate of drug-likeness (QED) is 0.829. The molecule has 0 aliphatic rings. The summed E-state index contributed by atoms with van der Waals surface area (Å²) in [4.78, 5) is 10.8. The minimum atomic E-state index is -4.95. The summed E-state index contributed by atoms with van der Waals surface area (Å²) in [6, 6.07) is 3.94. The second-order valence-corrected chi connectivity index (χ2v) is 4.02. The van der Waals surface area contributed by atoms with Crippen LogP contribution in [0.2, 0.25) is 0 Å². The third kappa shape index (κ3) is 4.27. The van der Waals surface area contributed by atoms with Gasteiger partial charge in [-0.2, -0.15) is 13.2 Å². The first-order valence-electron chi connectivity index (χ1n) is 5.43. The van der Waals surface area contributed by atoms with Crippen molar-refractivity contribution in [3.63, 3.8) is 0 Å². The standard InChI is InChI=1S/C12H13F3N2O2/c1-7(2)19-10-4-3-9(5-8(10)6-16)17-11(18)12(13,14)15/h3-7,16H,1-2H3,(H,17,18). The van der Waals surface area contributed by atoms with E-state index in [1.165, 1.54) is 18.2 Å². The van der Waals surface area contributed by atoms with Gasteiger partial charge in [0.05, 0.1) is 6.10 Å². The fraction of sp³-hybridized carbons (Fsp3) is 0.333. The predicted octanol–water partition coefficient (Wildman–Crippen LogP) is 2.97. The molecule has 0 aromatic heterocycles. The van der Waals surface area contributed by atoms with E-state index in [1.807, 2.05) is 0 Å². The molecule has 0 radical (unpaired) electrons. The van der Waals surface area contributed by atoms with Crippen molar-refractivity contribution in [3.8, 4) is 5.75 Å². The van der Waals surface area contributed by atoms with Crippen molar-refractivity contribution >= 4 is 17.8 Å². The number of carbonyl (C=O) groups excluding carboxylic acids is 1. The van der Waals surface area contributed by atoms with E-state index in [4.69, 9.17) is 10.1 Å². The lowest BCUT2D eigenvalue weighted by Gasteiger charge is -2.14. The van der Waals surface area contributed by atoms with Gasteiger partial charge in [-0.25, -0.2) is 0 Å². The maximum absolute atomic E-state index is 12.1. The van der Waals surface area contributed by atoms with E-state index in [0.717, 1.165) is 6.21 Å². The molecule has 1 aromatic carbocycles. The lowest BCUT2D eigenvalue weighted by atomic mass is 10.2. The second kappa shape index (κ2) is 5.73. The average Bonchev–Trinajstić information content (AvgIpc) is 2.29. The number of hydrogen-bond donors (Lipinski definition) is 2. The molecule has 0 atom stereocenters. The van der Waals surface area contributed by atoms with Crippen LogP contribution in [0, 0.1) is 5.41 Å². The Morgan fingerprint density at radius 1 is 1.42 bits per heavy atom. The number of halogens is 3. The number of carbonyl (C=O) groups is 1. The number of hydrogen-bond acceptors (Lipinski definition) is 3. The van der Waals surface area contributed by atoms with Crippen LogP contribution in [0.3, 0.4) is 0 Å². The Labute approximate surface area is 108 Å². The Morgan fingerprint density at radius 2 is 2.05 bits per heavy atom. The molecule has 1 amide bonds. The molecule has 0 aliphatic heterocycles. The summed E-state index contributed by atoms with van der Waals surface area (Å²) >= 11 is 0. The number of ether oxygens (including phenoxy) is 1. The van der Waals surface area contributed by atoms with Crippen molar-refractivity contribution < 1.29 is 22.7 Å². The lowest BCUT2D eigenvalue weighted by molar-refractivity contribution is -0.167. The molecular weight excluding hydrogens is 261 g/mol. The summed E-state index contributed by atoms with van der Waals surface area (Å²) < 4.78 is 41.6. The van der Waals surface area contributed by atoms with Gasteiger partial charge < -0.3 is 15.5 Å². The minimum Gasteiger partial charge on any atom is -0.490 e. The molecule has 19 heavy (non-hydrogen) atoms. The van der Waals surface area contributed by atoms with E-state index < -0.39 is 12.1 Å². The number of rotatable bonds is 4. The molecule has 4 nitrogen and oxygen atoms in total. The summed E-state index contributed by atoms with van der Waals surface area (Å²) in [5.41, 5.74) is 0.241. The van der Waals surface area contributed by atoms with Crippen LogP contribution in [0.4, 0.5) is 18.9 Å². The van der Waals surface area contributed by atoms with Gasteiger partial charge in [-0.1, -0.05) is 0 Å². The zero-order valence-corrected chi connectivity index (χ0v) is 10.3. The molecule has 104 valence electrons. The molecule has 0 saturated carbocycles. The Kier molecular flexibility index (Phi) is 4.52. The first-order valence-corrected chi connectivity index (χ1v) is 5.43. The summed E-state index contributed by atoms with van der Waals surface area (Å²) in [6.45, 7) is 3.57. The molecule has 0 aliphatic carbocycles. The van der Waals surface area contributed by atoms with Crippen LogP contribution in [-0.2, 0) is 4.79 Å². The van der Waals surface area contributed by atoms with Gasteiger partial charge in [0.25, 0.3) is 0 Å². The van der Waals surface area contributed by atoms with Crippen LogP contribution in [0.1, 0.15) is 19.4 Å². The third-order valence-corrected chi connectivity index (χ3v) is 2.04. The molecule has 0 fully saturated rings. The summed E-state index contributed by atoms with van der Waals surface area (Å²) in [6.07, 6.45) is -4.13. The molecule has 2 N–H and O–H groups in total. The molecule has 1 aromatic rings. The van der Waals surface area contributed by atoms with Gasteiger partial charge in [-0.3, -0.25) is 4.79 Å². The highest BCUT2D eigenvalue weighted by Crippen LogP contribution is 2.24. The number of anilines is 1. The van der Waals surface area contributed by atoms with Gasteiger partial charge in [0.1, 0.15) is 5.75 Å². The van der Waals surface area contributed by atoms with Gasteiger partial charge in [0.2, 0.25) is 0 Å². The summed E-state index contributed by atoms with van der Waals surface area (Å²) in [5, 5.41) is 8.91. The van der Waals surface area contributed by atoms with Crippen molar-refractivity contribution in [1.82, 2.24) is 0 Å². The topological polar surface area (TPSA) is 62.2 Å². The second-order valence-electron chi connectivity index (χ2n) is 4.02. The van der Waals surface area contributed by atoms with Gasteiger partial charge in [0.15, 0.2) is 0 Å². The van der Waals surface area contributed by atoms with Crippen LogP contribution in [0.5, 0.6) is 5.75 Å². The molecule has 7 heteroatoms. The molecule has 0 bridgehead atoms. The van der Waals surface area contributed by atoms with Crippen LogP contribution >= 0.6 is 0 Å². The fourth-order valence-electron chi connectivity index (χ4n) is 1.30. The van der Waals surface area contributed by atoms with E-state index in [2.05, 4.69) is 0 Å². The number of amides is 1. The van der Waals surface area contributed by atoms with Gasteiger partial charge in [0, 0.05) is 17.5 Å². The summed E-state index contributed by atoms with van der Waals surface area (Å²) in [7, 11) is 0. The van der Waals surface area contributed by atoms with E-state index in [-0.39, 0.29) is 17.4 Å². The number of nitrogens with one attached hydrogen (secondary N) is 2. The zero-order valence-electron chi connectivity index (χ0n) is 10.3. The van der Waals surface area contributed by atoms with Crippen LogP contribution < -0.4 is 10.1 Å². The largest absolute Gasteiger partial charge is 0.490 e. The highest BCUT2D eigenvalue weighted by Gasteiger charge is 2.38. The predicted molar refractivity (Wildman–Crippen MR) is 64.8 cm³/mol. The Bertz CT molecular complexity index is 484. The highest BCUT2D eigenvalue weighted by atomic mass is 19.4. The van der Waals surface area contributed by atoms with Crippen molar-refractivity contribution in [2.24, 2.45) is 0 Å². The smallest absolute Gasteiger partial charge is 0.471 e. The molecule has 0 saturated heterocycles. The maximum atomic E-state index is 12.1. The van der Waals surface area contributed by atoms with E-state index >= 15 is 0 Å². The molecule has 0 spiro atoms. The van der Waals surface area contributed by atoms with Crippen molar-refractivity contribution in [1.29, 1.82) is 5.41 Å². The van der Waals surface area contributed by atoms with Gasteiger partial charge >= 0.3 is 12.1 Å². The van der Waals surface area contributed by atoms with Gasteiger partial charge in [-0.15, -0.1) is 0 Å². The monoisotopic (exact) mass is 274 g/mol. The average molecular weight is 274 g/mol. The first-order chi connectivity index (χ1) is 8.74. The molecule has 0 heterocycles. The van der Waals surface area contributed by atoms with Gasteiger partial charge in [-0.05, 0) is 32.0 Å². The third-order valence-electron chi connectivity index (χ3n) is 2.04. The number of alkyl halides is 3. The molecule has 1 rings (SSSR count). The van der Waals surface area contributed by atoms with E-state index in [0.29, 0.717) is 5.75 Å². The van der Waals surface area contributed by atoms with Crippen LogP contribution in [0.15, 0.2) is 18.2 Å². The normalized spacial score (nSPS) is 11.3. The maximum Gasteiger partial charge on any atom is 0.471 e. The van der Waals surface area contributed by atoms with Crippen molar-refractivity contribution in [2.75, 3.05) is 5.32 Å². The van der Waals surface area contributed by atoms with E-state index in [1.54, 1.807) is 19.2 Å². The fourth-order valence-corrected chi connectivity index (χ4v) is 1.30. The van der Waals surface area contributed by atoms with Crippen molar-refractivity contribution in [2.45, 2.75) is 26.1 Å². The Balaban J connectivity index is 2.94. The van der Waals surface area contributed by atoms with Crippen LogP contribution in [-0.4, -0.2) is 24.4 Å². The minimum absolute atomic E-state index is 0.0445. The van der Waals surface area contributed by atoms with Crippen LogP contribution in [0.25, 0.3) is 0 Å². The molecular formula is C12H13F3N2O2. The SMILES string of the molecule is CC(C)Oc1ccc(NC(=O)C(F)(F)F)cc1C=N. The molecule has 0 unspecified atom stereocenters.